The van der Waals surface area contributed by atoms with Gasteiger partial charge in [-0.05, 0) is 12.1 Å². The first-order valence-corrected chi connectivity index (χ1v) is 4.68. The maximum atomic E-state index is 11.0. The average Bonchev–Trinajstić information content (AvgIpc) is 2.83. The molecule has 1 N–H and O–H groups in total. The summed E-state index contributed by atoms with van der Waals surface area (Å²) in [7, 11) is 0. The minimum atomic E-state index is -1.02. The number of carboxylic acids is 1. The van der Waals surface area contributed by atoms with Gasteiger partial charge in [-0.2, -0.15) is 5.10 Å². The van der Waals surface area contributed by atoms with Gasteiger partial charge in [0, 0.05) is 6.07 Å². The molecule has 5 nitrogen and oxygen atoms in total. The van der Waals surface area contributed by atoms with Gasteiger partial charge in [0.1, 0.15) is 11.4 Å². The number of aromatic nitrogens is 2. The second kappa shape index (κ2) is 4.06. The van der Waals surface area contributed by atoms with E-state index in [4.69, 9.17) is 9.52 Å². The van der Waals surface area contributed by atoms with Gasteiger partial charge in [-0.15, -0.1) is 6.58 Å². The Balaban J connectivity index is 2.46. The summed E-state index contributed by atoms with van der Waals surface area (Å²) in [5.74, 6) is -0.475. The normalized spacial score (nSPS) is 10.2. The van der Waals surface area contributed by atoms with E-state index in [1.165, 1.54) is 17.0 Å². The van der Waals surface area contributed by atoms with E-state index in [2.05, 4.69) is 11.7 Å². The Labute approximate surface area is 91.6 Å². The first kappa shape index (κ1) is 10.2. The summed E-state index contributed by atoms with van der Waals surface area (Å²) in [4.78, 5) is 11.0. The molecule has 2 aromatic heterocycles. The molecule has 0 saturated carbocycles. The average molecular weight is 218 g/mol. The molecule has 0 unspecified atom stereocenters. The van der Waals surface area contributed by atoms with Crippen LogP contribution in [0.1, 0.15) is 10.5 Å². The zero-order valence-electron chi connectivity index (χ0n) is 8.46. The van der Waals surface area contributed by atoms with Crippen LogP contribution in [0, 0.1) is 0 Å². The van der Waals surface area contributed by atoms with Crippen molar-refractivity contribution >= 4 is 5.97 Å². The summed E-state index contributed by atoms with van der Waals surface area (Å²) < 4.78 is 6.52. The second-order valence-electron chi connectivity index (χ2n) is 3.17. The summed E-state index contributed by atoms with van der Waals surface area (Å²) in [6.07, 6.45) is 3.10. The van der Waals surface area contributed by atoms with Crippen LogP contribution >= 0.6 is 0 Å². The van der Waals surface area contributed by atoms with Crippen molar-refractivity contribution in [2.45, 2.75) is 6.54 Å². The standard InChI is InChI=1S/C11H10N2O3/c1-2-5-13-9(11(14)15)7-8(12-13)10-4-3-6-16-10/h2-4,6-7H,1,5H2,(H,14,15). The van der Waals surface area contributed by atoms with Crippen molar-refractivity contribution in [3.05, 3.63) is 42.8 Å². The van der Waals surface area contributed by atoms with E-state index >= 15 is 0 Å². The first-order chi connectivity index (χ1) is 7.72. The third-order valence-corrected chi connectivity index (χ3v) is 2.07. The van der Waals surface area contributed by atoms with E-state index in [1.807, 2.05) is 0 Å². The quantitative estimate of drug-likeness (QED) is 0.797. The molecule has 0 aliphatic carbocycles. The molecule has 0 atom stereocenters. The number of nitrogens with zero attached hydrogens (tertiary/aromatic N) is 2. The molecule has 0 aliphatic rings. The predicted molar refractivity (Wildman–Crippen MR) is 57.1 cm³/mol. The van der Waals surface area contributed by atoms with E-state index in [0.717, 1.165) is 0 Å². The molecule has 0 fully saturated rings. The number of aromatic carboxylic acids is 1. The number of hydrogen-bond acceptors (Lipinski definition) is 3. The van der Waals surface area contributed by atoms with Gasteiger partial charge in [-0.25, -0.2) is 4.79 Å². The lowest BCUT2D eigenvalue weighted by Crippen LogP contribution is -2.08. The van der Waals surface area contributed by atoms with Crippen molar-refractivity contribution < 1.29 is 14.3 Å². The lowest BCUT2D eigenvalue weighted by atomic mass is 10.3. The van der Waals surface area contributed by atoms with Crippen molar-refractivity contribution in [3.63, 3.8) is 0 Å². The van der Waals surface area contributed by atoms with Crippen molar-refractivity contribution in [1.29, 1.82) is 0 Å². The fraction of sp³-hybridized carbons (Fsp3) is 0.0909. The molecular formula is C11H10N2O3. The van der Waals surface area contributed by atoms with Crippen molar-refractivity contribution in [3.8, 4) is 11.5 Å². The summed E-state index contributed by atoms with van der Waals surface area (Å²) in [6.45, 7) is 3.90. The number of rotatable bonds is 4. The van der Waals surface area contributed by atoms with Gasteiger partial charge < -0.3 is 9.52 Å². The fourth-order valence-corrected chi connectivity index (χ4v) is 1.40. The highest BCUT2D eigenvalue weighted by molar-refractivity contribution is 5.87. The smallest absolute Gasteiger partial charge is 0.354 e. The van der Waals surface area contributed by atoms with Crippen molar-refractivity contribution in [2.24, 2.45) is 0 Å². The van der Waals surface area contributed by atoms with Gasteiger partial charge in [0.15, 0.2) is 5.76 Å². The Hall–Kier alpha value is -2.30. The van der Waals surface area contributed by atoms with Crippen LogP contribution in [0.4, 0.5) is 0 Å². The molecule has 2 aromatic rings. The number of carboxylic acid groups (broad SMARTS) is 1. The summed E-state index contributed by atoms with van der Waals surface area (Å²) in [6, 6.07) is 4.93. The highest BCUT2D eigenvalue weighted by atomic mass is 16.4. The van der Waals surface area contributed by atoms with Crippen LogP contribution in [0.5, 0.6) is 0 Å². The number of hydrogen-bond donors (Lipinski definition) is 1. The van der Waals surface area contributed by atoms with Crippen LogP contribution in [0.25, 0.3) is 11.5 Å². The van der Waals surface area contributed by atoms with Gasteiger partial charge in [-0.1, -0.05) is 6.08 Å². The van der Waals surface area contributed by atoms with Crippen LogP contribution < -0.4 is 0 Å². The second-order valence-corrected chi connectivity index (χ2v) is 3.17. The molecule has 0 bridgehead atoms. The SMILES string of the molecule is C=CCn1nc(-c2ccco2)cc1C(=O)O. The molecule has 0 aromatic carbocycles. The maximum absolute atomic E-state index is 11.0. The molecule has 0 saturated heterocycles. The topological polar surface area (TPSA) is 68.3 Å². The molecule has 0 aliphatic heterocycles. The third kappa shape index (κ3) is 1.75. The van der Waals surface area contributed by atoms with Crippen LogP contribution in [0.2, 0.25) is 0 Å². The minimum Gasteiger partial charge on any atom is -0.477 e. The van der Waals surface area contributed by atoms with E-state index < -0.39 is 5.97 Å². The van der Waals surface area contributed by atoms with Crippen LogP contribution in [0.15, 0.2) is 41.5 Å². The van der Waals surface area contributed by atoms with E-state index in [9.17, 15) is 4.79 Å². The zero-order chi connectivity index (χ0) is 11.5. The van der Waals surface area contributed by atoms with Crippen LogP contribution in [-0.4, -0.2) is 20.9 Å². The van der Waals surface area contributed by atoms with Gasteiger partial charge >= 0.3 is 5.97 Å². The maximum Gasteiger partial charge on any atom is 0.354 e. The lowest BCUT2D eigenvalue weighted by Gasteiger charge is -1.98. The van der Waals surface area contributed by atoms with Gasteiger partial charge in [0.2, 0.25) is 0 Å². The summed E-state index contributed by atoms with van der Waals surface area (Å²) in [5.41, 5.74) is 0.621. The molecule has 5 heteroatoms. The van der Waals surface area contributed by atoms with Gasteiger partial charge in [-0.3, -0.25) is 4.68 Å². The highest BCUT2D eigenvalue weighted by Gasteiger charge is 2.15. The predicted octanol–water partition coefficient (Wildman–Crippen LogP) is 2.03. The summed E-state index contributed by atoms with van der Waals surface area (Å²) in [5, 5.41) is 13.1. The Morgan fingerprint density at radius 3 is 3.06 bits per heavy atom. The van der Waals surface area contributed by atoms with Crippen molar-refractivity contribution in [1.82, 2.24) is 9.78 Å². The van der Waals surface area contributed by atoms with E-state index in [0.29, 0.717) is 18.0 Å². The van der Waals surface area contributed by atoms with Crippen molar-refractivity contribution in [2.75, 3.05) is 0 Å². The molecule has 2 rings (SSSR count). The molecule has 0 radical (unpaired) electrons. The molecule has 16 heavy (non-hydrogen) atoms. The fourth-order valence-electron chi connectivity index (χ4n) is 1.40. The summed E-state index contributed by atoms with van der Waals surface area (Å²) >= 11 is 0. The lowest BCUT2D eigenvalue weighted by molar-refractivity contribution is 0.0684. The third-order valence-electron chi connectivity index (χ3n) is 2.07. The molecule has 2 heterocycles. The number of carbonyl (C=O) groups is 1. The Kier molecular flexibility index (Phi) is 2.59. The van der Waals surface area contributed by atoms with Gasteiger partial charge in [0.05, 0.1) is 12.8 Å². The highest BCUT2D eigenvalue weighted by Crippen LogP contribution is 2.19. The minimum absolute atomic E-state index is 0.117. The Morgan fingerprint density at radius 2 is 2.50 bits per heavy atom. The number of allylic oxidation sites excluding steroid dienone is 1. The monoisotopic (exact) mass is 218 g/mol. The van der Waals surface area contributed by atoms with Crippen LogP contribution in [-0.2, 0) is 6.54 Å². The van der Waals surface area contributed by atoms with Gasteiger partial charge in [0.25, 0.3) is 0 Å². The molecular weight excluding hydrogens is 208 g/mol. The first-order valence-electron chi connectivity index (χ1n) is 4.68. The molecule has 0 spiro atoms. The molecule has 0 amide bonds. The Bertz CT molecular complexity index is 511. The largest absolute Gasteiger partial charge is 0.477 e. The Morgan fingerprint density at radius 1 is 1.69 bits per heavy atom. The van der Waals surface area contributed by atoms with E-state index in [1.54, 1.807) is 18.2 Å². The molecule has 82 valence electrons. The number of furan rings is 1. The van der Waals surface area contributed by atoms with E-state index in [-0.39, 0.29) is 5.69 Å². The zero-order valence-corrected chi connectivity index (χ0v) is 8.46. The van der Waals surface area contributed by atoms with Crippen LogP contribution in [0.3, 0.4) is 0 Å².